The van der Waals surface area contributed by atoms with Gasteiger partial charge in [-0.1, -0.05) is 36.4 Å². The molecule has 7 nitrogen and oxygen atoms in total. The van der Waals surface area contributed by atoms with Gasteiger partial charge < -0.3 is 5.32 Å². The second kappa shape index (κ2) is 7.63. The molecule has 0 aliphatic heterocycles. The molecule has 0 saturated carbocycles. The fraction of sp³-hybridized carbons (Fsp3) is 0.136. The molecule has 0 fully saturated rings. The SMILES string of the molecule is CC(=O)c1cnc2cc(C(=O)N[C@H](c3ccccc3)c3cccnc3)nn2c1C. The highest BCUT2D eigenvalue weighted by molar-refractivity contribution is 5.96. The molecule has 4 rings (SSSR count). The summed E-state index contributed by atoms with van der Waals surface area (Å²) in [7, 11) is 0. The van der Waals surface area contributed by atoms with E-state index in [1.54, 1.807) is 25.4 Å². The van der Waals surface area contributed by atoms with E-state index in [2.05, 4.69) is 20.4 Å². The molecule has 1 amide bonds. The molecule has 1 aromatic carbocycles. The molecule has 3 heterocycles. The van der Waals surface area contributed by atoms with E-state index in [1.807, 2.05) is 42.5 Å². The standard InChI is InChI=1S/C22H19N5O2/c1-14-18(15(2)28)13-24-20-11-19(26-27(14)20)22(29)25-21(16-7-4-3-5-8-16)17-9-6-10-23-12-17/h3-13,21H,1-2H3,(H,25,29)/t21-/m1/s1. The molecule has 144 valence electrons. The van der Waals surface area contributed by atoms with Crippen LogP contribution in [0.2, 0.25) is 0 Å². The summed E-state index contributed by atoms with van der Waals surface area (Å²) < 4.78 is 1.52. The van der Waals surface area contributed by atoms with Gasteiger partial charge in [0, 0.05) is 24.7 Å². The quantitative estimate of drug-likeness (QED) is 0.533. The van der Waals surface area contributed by atoms with Crippen LogP contribution in [0, 0.1) is 6.92 Å². The lowest BCUT2D eigenvalue weighted by Gasteiger charge is -2.18. The van der Waals surface area contributed by atoms with Crippen LogP contribution in [0.5, 0.6) is 0 Å². The van der Waals surface area contributed by atoms with Crippen LogP contribution in [0.3, 0.4) is 0 Å². The molecule has 0 aliphatic rings. The Morgan fingerprint density at radius 2 is 1.79 bits per heavy atom. The molecule has 3 aromatic heterocycles. The first-order valence-corrected chi connectivity index (χ1v) is 9.16. The van der Waals surface area contributed by atoms with E-state index in [1.165, 1.54) is 17.6 Å². The van der Waals surface area contributed by atoms with Crippen LogP contribution < -0.4 is 5.32 Å². The number of benzene rings is 1. The number of hydrogen-bond acceptors (Lipinski definition) is 5. The van der Waals surface area contributed by atoms with E-state index in [4.69, 9.17) is 0 Å². The molecule has 1 N–H and O–H groups in total. The summed E-state index contributed by atoms with van der Waals surface area (Å²) in [6.07, 6.45) is 4.93. The molecule has 0 aliphatic carbocycles. The van der Waals surface area contributed by atoms with E-state index in [9.17, 15) is 9.59 Å². The number of Topliss-reactive ketones (excluding diaryl/α,β-unsaturated/α-hetero) is 1. The van der Waals surface area contributed by atoms with Crippen LogP contribution in [0.15, 0.2) is 67.1 Å². The number of nitrogens with zero attached hydrogens (tertiary/aromatic N) is 4. The maximum atomic E-state index is 13.0. The number of nitrogens with one attached hydrogen (secondary N) is 1. The summed E-state index contributed by atoms with van der Waals surface area (Å²) in [5.41, 5.74) is 3.66. The lowest BCUT2D eigenvalue weighted by Crippen LogP contribution is -2.29. The molecule has 0 radical (unpaired) electrons. The van der Waals surface area contributed by atoms with Crippen molar-refractivity contribution in [2.24, 2.45) is 0 Å². The van der Waals surface area contributed by atoms with E-state index in [0.717, 1.165) is 11.1 Å². The van der Waals surface area contributed by atoms with Gasteiger partial charge in [-0.25, -0.2) is 9.50 Å². The van der Waals surface area contributed by atoms with Crippen LogP contribution in [0.1, 0.15) is 50.6 Å². The highest BCUT2D eigenvalue weighted by Gasteiger charge is 2.21. The number of aromatic nitrogens is 4. The minimum Gasteiger partial charge on any atom is -0.340 e. The number of carbonyl (C=O) groups is 2. The Hall–Kier alpha value is -3.87. The second-order valence-corrected chi connectivity index (χ2v) is 6.72. The normalized spacial score (nSPS) is 11.9. The number of fused-ring (bicyclic) bond motifs is 1. The largest absolute Gasteiger partial charge is 0.340 e. The molecule has 0 unspecified atom stereocenters. The Balaban J connectivity index is 1.69. The van der Waals surface area contributed by atoms with Gasteiger partial charge in [0.1, 0.15) is 0 Å². The van der Waals surface area contributed by atoms with Crippen molar-refractivity contribution in [2.45, 2.75) is 19.9 Å². The average molecular weight is 385 g/mol. The minimum absolute atomic E-state index is 0.0980. The van der Waals surface area contributed by atoms with Crippen LogP contribution in [-0.2, 0) is 0 Å². The highest BCUT2D eigenvalue weighted by Crippen LogP contribution is 2.22. The smallest absolute Gasteiger partial charge is 0.272 e. The zero-order chi connectivity index (χ0) is 20.4. The van der Waals surface area contributed by atoms with Crippen LogP contribution in [0.4, 0.5) is 0 Å². The van der Waals surface area contributed by atoms with Crippen molar-refractivity contribution in [3.05, 3.63) is 95.2 Å². The number of pyridine rings is 1. The number of rotatable bonds is 5. The van der Waals surface area contributed by atoms with E-state index in [-0.39, 0.29) is 23.4 Å². The monoisotopic (exact) mass is 385 g/mol. The third-order valence-corrected chi connectivity index (χ3v) is 4.76. The number of amides is 1. The van der Waals surface area contributed by atoms with Gasteiger partial charge >= 0.3 is 0 Å². The summed E-state index contributed by atoms with van der Waals surface area (Å²) in [5.74, 6) is -0.434. The zero-order valence-corrected chi connectivity index (χ0v) is 16.0. The first-order valence-electron chi connectivity index (χ1n) is 9.16. The Kier molecular flexibility index (Phi) is 4.87. The van der Waals surface area contributed by atoms with Gasteiger partial charge in [0.2, 0.25) is 0 Å². The predicted molar refractivity (Wildman–Crippen MR) is 108 cm³/mol. The van der Waals surface area contributed by atoms with Crippen LogP contribution >= 0.6 is 0 Å². The fourth-order valence-electron chi connectivity index (χ4n) is 3.26. The molecule has 4 aromatic rings. The van der Waals surface area contributed by atoms with Crippen molar-refractivity contribution in [3.8, 4) is 0 Å². The molecule has 0 saturated heterocycles. The summed E-state index contributed by atoms with van der Waals surface area (Å²) in [6.45, 7) is 3.26. The van der Waals surface area contributed by atoms with Crippen molar-refractivity contribution < 1.29 is 9.59 Å². The minimum atomic E-state index is -0.371. The van der Waals surface area contributed by atoms with Gasteiger partial charge in [0.25, 0.3) is 5.91 Å². The van der Waals surface area contributed by atoms with Crippen molar-refractivity contribution in [1.29, 1.82) is 0 Å². The van der Waals surface area contributed by atoms with E-state index >= 15 is 0 Å². The maximum Gasteiger partial charge on any atom is 0.272 e. The first kappa shape index (κ1) is 18.5. The number of ketones is 1. The van der Waals surface area contributed by atoms with Gasteiger partial charge in [-0.15, -0.1) is 0 Å². The summed E-state index contributed by atoms with van der Waals surface area (Å²) in [6, 6.07) is 14.7. The van der Waals surface area contributed by atoms with Gasteiger partial charge in [0.15, 0.2) is 17.1 Å². The molecule has 1 atom stereocenters. The fourth-order valence-corrected chi connectivity index (χ4v) is 3.26. The maximum absolute atomic E-state index is 13.0. The van der Waals surface area contributed by atoms with Crippen molar-refractivity contribution in [3.63, 3.8) is 0 Å². The zero-order valence-electron chi connectivity index (χ0n) is 16.0. The summed E-state index contributed by atoms with van der Waals surface area (Å²) >= 11 is 0. The Morgan fingerprint density at radius 1 is 1.03 bits per heavy atom. The third kappa shape index (κ3) is 3.62. The van der Waals surface area contributed by atoms with Crippen molar-refractivity contribution >= 4 is 17.3 Å². The predicted octanol–water partition coefficient (Wildman–Crippen LogP) is 3.15. The van der Waals surface area contributed by atoms with Gasteiger partial charge in [-0.2, -0.15) is 5.10 Å². The van der Waals surface area contributed by atoms with E-state index in [0.29, 0.717) is 16.9 Å². The molecule has 0 spiro atoms. The number of hydrogen-bond donors (Lipinski definition) is 1. The van der Waals surface area contributed by atoms with Gasteiger partial charge in [0.05, 0.1) is 17.3 Å². The van der Waals surface area contributed by atoms with Crippen molar-refractivity contribution in [1.82, 2.24) is 24.9 Å². The van der Waals surface area contributed by atoms with Gasteiger partial charge in [-0.05, 0) is 31.0 Å². The highest BCUT2D eigenvalue weighted by atomic mass is 16.2. The van der Waals surface area contributed by atoms with E-state index < -0.39 is 0 Å². The Bertz CT molecular complexity index is 1150. The number of aryl methyl sites for hydroxylation is 1. The topological polar surface area (TPSA) is 89.2 Å². The molecule has 7 heteroatoms. The van der Waals surface area contributed by atoms with Crippen LogP contribution in [-0.4, -0.2) is 31.3 Å². The summed E-state index contributed by atoms with van der Waals surface area (Å²) in [5, 5.41) is 7.40. The number of carbonyl (C=O) groups excluding carboxylic acids is 2. The molecular formula is C22H19N5O2. The van der Waals surface area contributed by atoms with Gasteiger partial charge in [-0.3, -0.25) is 14.6 Å². The Labute approximate surface area is 167 Å². The Morgan fingerprint density at radius 3 is 2.48 bits per heavy atom. The third-order valence-electron chi connectivity index (χ3n) is 4.76. The summed E-state index contributed by atoms with van der Waals surface area (Å²) in [4.78, 5) is 33.2. The second-order valence-electron chi connectivity index (χ2n) is 6.72. The lowest BCUT2D eigenvalue weighted by molar-refractivity contribution is 0.0937. The van der Waals surface area contributed by atoms with Crippen molar-refractivity contribution in [2.75, 3.05) is 0 Å². The lowest BCUT2D eigenvalue weighted by atomic mass is 10.00. The molecule has 29 heavy (non-hydrogen) atoms. The molecule has 0 bridgehead atoms. The molecular weight excluding hydrogens is 366 g/mol. The average Bonchev–Trinajstić information content (AvgIpc) is 3.19. The first-order chi connectivity index (χ1) is 14.0. The van der Waals surface area contributed by atoms with Crippen LogP contribution in [0.25, 0.3) is 5.65 Å².